The van der Waals surface area contributed by atoms with Crippen LogP contribution in [0.4, 0.5) is 4.39 Å². The van der Waals surface area contributed by atoms with E-state index in [-0.39, 0.29) is 0 Å². The zero-order valence-corrected chi connectivity index (χ0v) is 6.21. The van der Waals surface area contributed by atoms with Gasteiger partial charge in [-0.05, 0) is 5.92 Å². The van der Waals surface area contributed by atoms with Crippen molar-refractivity contribution in [2.45, 2.75) is 20.4 Å². The Balaban J connectivity index is 2.65. The number of hydrogen-bond donors (Lipinski definition) is 0. The predicted molar refractivity (Wildman–Crippen MR) is 37.0 cm³/mol. The summed E-state index contributed by atoms with van der Waals surface area (Å²) in [5.41, 5.74) is 0. The summed E-state index contributed by atoms with van der Waals surface area (Å²) < 4.78 is 14.1. The highest BCUT2D eigenvalue weighted by atomic mass is 19.1. The first-order valence-corrected chi connectivity index (χ1v) is 3.37. The summed E-state index contributed by atoms with van der Waals surface area (Å²) in [6.07, 6.45) is 2.72. The third-order valence-electron chi connectivity index (χ3n) is 1.23. The lowest BCUT2D eigenvalue weighted by Gasteiger charge is -2.04. The maximum absolute atomic E-state index is 12.6. The molecule has 1 aromatic heterocycles. The Morgan fingerprint density at radius 3 is 2.80 bits per heavy atom. The van der Waals surface area contributed by atoms with Crippen molar-refractivity contribution >= 4 is 0 Å². The standard InChI is InChI=1S/C7H11FN2/c1-6(2)5-10-4-3-9-7(10)8/h3-4,6H,5H2,1-2H3. The summed E-state index contributed by atoms with van der Waals surface area (Å²) >= 11 is 0. The maximum Gasteiger partial charge on any atom is 0.289 e. The first-order valence-electron chi connectivity index (χ1n) is 3.37. The molecule has 2 nitrogen and oxygen atoms in total. The van der Waals surface area contributed by atoms with E-state index in [1.807, 2.05) is 13.8 Å². The van der Waals surface area contributed by atoms with Gasteiger partial charge >= 0.3 is 0 Å². The molecule has 0 amide bonds. The lowest BCUT2D eigenvalue weighted by Crippen LogP contribution is -2.05. The van der Waals surface area contributed by atoms with E-state index in [4.69, 9.17) is 0 Å². The minimum absolute atomic E-state index is 0.395. The van der Waals surface area contributed by atoms with Crippen molar-refractivity contribution in [1.29, 1.82) is 0 Å². The molecule has 0 N–H and O–H groups in total. The largest absolute Gasteiger partial charge is 0.307 e. The molecule has 0 aliphatic heterocycles. The molecule has 0 aliphatic carbocycles. The molecule has 0 fully saturated rings. The van der Waals surface area contributed by atoms with Crippen LogP contribution in [0.2, 0.25) is 0 Å². The molecular formula is C7H11FN2. The summed E-state index contributed by atoms with van der Waals surface area (Å²) in [5, 5.41) is 0. The quantitative estimate of drug-likeness (QED) is 0.614. The van der Waals surface area contributed by atoms with Gasteiger partial charge in [0.05, 0.1) is 0 Å². The van der Waals surface area contributed by atoms with Crippen LogP contribution in [-0.4, -0.2) is 9.55 Å². The van der Waals surface area contributed by atoms with Crippen molar-refractivity contribution in [2.75, 3.05) is 0 Å². The molecule has 0 atom stereocenters. The van der Waals surface area contributed by atoms with Gasteiger partial charge in [0, 0.05) is 18.9 Å². The fraction of sp³-hybridized carbons (Fsp3) is 0.571. The fourth-order valence-electron chi connectivity index (χ4n) is 0.841. The molecule has 1 heterocycles. The molecular weight excluding hydrogens is 131 g/mol. The first-order chi connectivity index (χ1) is 4.70. The third kappa shape index (κ3) is 1.56. The minimum atomic E-state index is -0.395. The Morgan fingerprint density at radius 1 is 1.70 bits per heavy atom. The van der Waals surface area contributed by atoms with Gasteiger partial charge in [-0.1, -0.05) is 13.8 Å². The first kappa shape index (κ1) is 7.25. The Morgan fingerprint density at radius 2 is 2.40 bits per heavy atom. The molecule has 0 spiro atoms. The summed E-state index contributed by atoms with van der Waals surface area (Å²) in [6.45, 7) is 4.78. The Bertz CT molecular complexity index is 205. The average molecular weight is 142 g/mol. The van der Waals surface area contributed by atoms with Crippen LogP contribution in [0.15, 0.2) is 12.4 Å². The SMILES string of the molecule is CC(C)Cn1ccnc1F. The van der Waals surface area contributed by atoms with E-state index in [1.165, 1.54) is 10.8 Å². The Hall–Kier alpha value is -0.860. The van der Waals surface area contributed by atoms with E-state index in [2.05, 4.69) is 4.98 Å². The molecule has 0 unspecified atom stereocenters. The second kappa shape index (κ2) is 2.82. The summed E-state index contributed by atoms with van der Waals surface area (Å²) in [7, 11) is 0. The van der Waals surface area contributed by atoms with Gasteiger partial charge < -0.3 is 4.57 Å². The lowest BCUT2D eigenvalue weighted by atomic mass is 10.2. The van der Waals surface area contributed by atoms with Crippen LogP contribution in [0.5, 0.6) is 0 Å². The summed E-state index contributed by atoms with van der Waals surface area (Å²) in [6, 6.07) is 0. The number of rotatable bonds is 2. The highest BCUT2D eigenvalue weighted by molar-refractivity contribution is 4.77. The fourth-order valence-corrected chi connectivity index (χ4v) is 0.841. The predicted octanol–water partition coefficient (Wildman–Crippen LogP) is 1.68. The molecule has 0 saturated carbocycles. The second-order valence-electron chi connectivity index (χ2n) is 2.74. The lowest BCUT2D eigenvalue weighted by molar-refractivity contribution is 0.420. The van der Waals surface area contributed by atoms with Crippen molar-refractivity contribution in [1.82, 2.24) is 9.55 Å². The molecule has 0 saturated heterocycles. The van der Waals surface area contributed by atoms with E-state index in [9.17, 15) is 4.39 Å². The molecule has 3 heteroatoms. The zero-order valence-electron chi connectivity index (χ0n) is 6.21. The third-order valence-corrected chi connectivity index (χ3v) is 1.23. The molecule has 0 radical (unpaired) electrons. The van der Waals surface area contributed by atoms with Gasteiger partial charge in [0.25, 0.3) is 6.08 Å². The van der Waals surface area contributed by atoms with E-state index >= 15 is 0 Å². The molecule has 56 valence electrons. The highest BCUT2D eigenvalue weighted by Gasteiger charge is 2.01. The normalized spacial score (nSPS) is 10.8. The zero-order chi connectivity index (χ0) is 7.56. The topological polar surface area (TPSA) is 17.8 Å². The second-order valence-corrected chi connectivity index (χ2v) is 2.74. The van der Waals surface area contributed by atoms with Gasteiger partial charge in [0.2, 0.25) is 0 Å². The minimum Gasteiger partial charge on any atom is -0.307 e. The van der Waals surface area contributed by atoms with Gasteiger partial charge in [-0.3, -0.25) is 0 Å². The van der Waals surface area contributed by atoms with Crippen LogP contribution in [0.1, 0.15) is 13.8 Å². The number of halogens is 1. The molecule has 10 heavy (non-hydrogen) atoms. The molecule has 1 rings (SSSR count). The summed E-state index contributed by atoms with van der Waals surface area (Å²) in [5.74, 6) is 0.462. The number of nitrogens with zero attached hydrogens (tertiary/aromatic N) is 2. The van der Waals surface area contributed by atoms with Gasteiger partial charge in [0.15, 0.2) is 0 Å². The van der Waals surface area contributed by atoms with Crippen LogP contribution in [0.3, 0.4) is 0 Å². The molecule has 1 aromatic rings. The molecule has 0 bridgehead atoms. The number of imidazole rings is 1. The highest BCUT2D eigenvalue weighted by Crippen LogP contribution is 2.00. The van der Waals surface area contributed by atoms with Crippen molar-refractivity contribution < 1.29 is 4.39 Å². The average Bonchev–Trinajstić information content (AvgIpc) is 2.15. The Labute approximate surface area is 59.7 Å². The smallest absolute Gasteiger partial charge is 0.289 e. The maximum atomic E-state index is 12.6. The van der Waals surface area contributed by atoms with Crippen LogP contribution < -0.4 is 0 Å². The molecule has 0 aliphatic rings. The van der Waals surface area contributed by atoms with E-state index in [0.29, 0.717) is 12.5 Å². The number of aromatic nitrogens is 2. The van der Waals surface area contributed by atoms with E-state index < -0.39 is 6.08 Å². The van der Waals surface area contributed by atoms with Gasteiger partial charge in [0.1, 0.15) is 0 Å². The van der Waals surface area contributed by atoms with Crippen LogP contribution in [0.25, 0.3) is 0 Å². The molecule has 0 aromatic carbocycles. The van der Waals surface area contributed by atoms with Crippen LogP contribution in [0, 0.1) is 12.0 Å². The summed E-state index contributed by atoms with van der Waals surface area (Å²) in [4.78, 5) is 3.47. The van der Waals surface area contributed by atoms with Crippen molar-refractivity contribution in [2.24, 2.45) is 5.92 Å². The van der Waals surface area contributed by atoms with Crippen LogP contribution in [-0.2, 0) is 6.54 Å². The van der Waals surface area contributed by atoms with Gasteiger partial charge in [-0.25, -0.2) is 4.98 Å². The van der Waals surface area contributed by atoms with Crippen molar-refractivity contribution in [3.05, 3.63) is 18.5 Å². The van der Waals surface area contributed by atoms with Gasteiger partial charge in [-0.2, -0.15) is 4.39 Å². The van der Waals surface area contributed by atoms with Crippen LogP contribution >= 0.6 is 0 Å². The van der Waals surface area contributed by atoms with Crippen molar-refractivity contribution in [3.8, 4) is 0 Å². The van der Waals surface area contributed by atoms with Gasteiger partial charge in [-0.15, -0.1) is 0 Å². The monoisotopic (exact) mass is 142 g/mol. The Kier molecular flexibility index (Phi) is 2.04. The number of hydrogen-bond acceptors (Lipinski definition) is 1. The van der Waals surface area contributed by atoms with Crippen molar-refractivity contribution in [3.63, 3.8) is 0 Å². The van der Waals surface area contributed by atoms with E-state index in [1.54, 1.807) is 6.20 Å². The van der Waals surface area contributed by atoms with E-state index in [0.717, 1.165) is 0 Å².